The number of non-ortho nitro benzene ring substituents is 1. The van der Waals surface area contributed by atoms with Crippen molar-refractivity contribution in [2.45, 2.75) is 31.6 Å². The van der Waals surface area contributed by atoms with Gasteiger partial charge in [0.25, 0.3) is 5.69 Å². The van der Waals surface area contributed by atoms with Crippen LogP contribution in [0, 0.1) is 20.2 Å². The molecule has 0 bridgehead atoms. The summed E-state index contributed by atoms with van der Waals surface area (Å²) in [4.78, 5) is 20.8. The zero-order valence-electron chi connectivity index (χ0n) is 14.9. The maximum absolute atomic E-state index is 11.3. The number of hydrazone groups is 1. The summed E-state index contributed by atoms with van der Waals surface area (Å²) in [5, 5.41) is 26.6. The average Bonchev–Trinajstić information content (AvgIpc) is 2.67. The van der Waals surface area contributed by atoms with Crippen LogP contribution in [0.25, 0.3) is 0 Å². The van der Waals surface area contributed by atoms with Crippen molar-refractivity contribution in [3.63, 3.8) is 0 Å². The lowest BCUT2D eigenvalue weighted by atomic mass is 9.84. The molecule has 1 aromatic carbocycles. The summed E-state index contributed by atoms with van der Waals surface area (Å²) in [7, 11) is 1.98. The number of aromatic nitrogens is 1. The van der Waals surface area contributed by atoms with Crippen molar-refractivity contribution < 1.29 is 14.4 Å². The molecule has 2 aromatic rings. The third-order valence-corrected chi connectivity index (χ3v) is 4.74. The monoisotopic (exact) mass is 370 g/mol. The summed E-state index contributed by atoms with van der Waals surface area (Å²) in [6, 6.07) is 9.49. The fourth-order valence-electron chi connectivity index (χ4n) is 3.36. The zero-order valence-corrected chi connectivity index (χ0v) is 14.9. The van der Waals surface area contributed by atoms with Gasteiger partial charge in [0.15, 0.2) is 11.9 Å². The summed E-state index contributed by atoms with van der Waals surface area (Å²) in [6.45, 7) is 0. The minimum atomic E-state index is -0.657. The Labute approximate surface area is 155 Å². The number of nitro groups is 2. The molecule has 0 radical (unpaired) electrons. The zero-order chi connectivity index (χ0) is 19.4. The summed E-state index contributed by atoms with van der Waals surface area (Å²) in [5.74, 6) is 0.134. The highest BCUT2D eigenvalue weighted by molar-refractivity contribution is 5.91. The van der Waals surface area contributed by atoms with Gasteiger partial charge >= 0.3 is 5.69 Å². The largest absolute Gasteiger partial charge is 0.301 e. The minimum Gasteiger partial charge on any atom is -0.272 e. The van der Waals surface area contributed by atoms with Crippen LogP contribution in [0.3, 0.4) is 0 Å². The molecule has 0 spiro atoms. The molecule has 27 heavy (non-hydrogen) atoms. The molecule has 1 aliphatic carbocycles. The standard InChI is InChI=1S/C18H20N5O4/c1-21-11-5-4-8-17(21)14-6-2-3-7-15(14)19-20-16-10-9-13(22(24)25)12-18(16)23(26)27/h4-5,8-12,14,20H,2-3,6-7H2,1H3/q+1/b19-15-. The van der Waals surface area contributed by atoms with Gasteiger partial charge in [-0.2, -0.15) is 5.10 Å². The van der Waals surface area contributed by atoms with E-state index in [1.807, 2.05) is 25.4 Å². The van der Waals surface area contributed by atoms with Gasteiger partial charge < -0.3 is 0 Å². The van der Waals surface area contributed by atoms with Gasteiger partial charge in [0.1, 0.15) is 12.7 Å². The Bertz CT molecular complexity index is 912. The molecule has 0 amide bonds. The molecule has 0 saturated heterocycles. The van der Waals surface area contributed by atoms with E-state index in [0.717, 1.165) is 43.2 Å². The lowest BCUT2D eigenvalue weighted by Gasteiger charge is -2.22. The molecule has 1 saturated carbocycles. The molecule has 140 valence electrons. The Morgan fingerprint density at radius 1 is 1.15 bits per heavy atom. The fraction of sp³-hybridized carbons (Fsp3) is 0.333. The molecule has 1 N–H and O–H groups in total. The molecule has 1 heterocycles. The van der Waals surface area contributed by atoms with E-state index >= 15 is 0 Å². The van der Waals surface area contributed by atoms with Gasteiger partial charge in [0.2, 0.25) is 0 Å². The first-order valence-corrected chi connectivity index (χ1v) is 8.67. The van der Waals surface area contributed by atoms with Crippen LogP contribution in [0.1, 0.15) is 37.3 Å². The topological polar surface area (TPSA) is 115 Å². The first kappa shape index (κ1) is 18.4. The number of pyridine rings is 1. The van der Waals surface area contributed by atoms with Gasteiger partial charge in [-0.05, 0) is 25.3 Å². The number of nitrogens with one attached hydrogen (secondary N) is 1. The van der Waals surface area contributed by atoms with E-state index in [0.29, 0.717) is 0 Å². The maximum atomic E-state index is 11.3. The maximum Gasteiger partial charge on any atom is 0.301 e. The number of nitro benzene ring substituents is 2. The highest BCUT2D eigenvalue weighted by Crippen LogP contribution is 2.31. The van der Waals surface area contributed by atoms with Crippen LogP contribution in [0.2, 0.25) is 0 Å². The number of anilines is 1. The van der Waals surface area contributed by atoms with Crippen LogP contribution in [0.15, 0.2) is 47.7 Å². The second-order valence-corrected chi connectivity index (χ2v) is 6.47. The van der Waals surface area contributed by atoms with Crippen LogP contribution in [-0.2, 0) is 7.05 Å². The van der Waals surface area contributed by atoms with Gasteiger partial charge in [-0.15, -0.1) is 0 Å². The second-order valence-electron chi connectivity index (χ2n) is 6.47. The smallest absolute Gasteiger partial charge is 0.272 e. The predicted octanol–water partition coefficient (Wildman–Crippen LogP) is 3.45. The molecule has 1 atom stereocenters. The van der Waals surface area contributed by atoms with Gasteiger partial charge in [0, 0.05) is 18.2 Å². The molecule has 1 aliphatic rings. The Morgan fingerprint density at radius 2 is 1.96 bits per heavy atom. The van der Waals surface area contributed by atoms with E-state index < -0.39 is 9.85 Å². The number of benzene rings is 1. The van der Waals surface area contributed by atoms with Crippen LogP contribution in [-0.4, -0.2) is 15.6 Å². The SMILES string of the molecule is C[n+]1ccccc1C1CCCC/C1=N/Nc1ccc([N+](=O)[O-])cc1[N+](=O)[O-]. The normalized spacial score (nSPS) is 18.3. The van der Waals surface area contributed by atoms with Crippen molar-refractivity contribution in [1.29, 1.82) is 0 Å². The molecule has 1 unspecified atom stereocenters. The molecule has 9 nitrogen and oxygen atoms in total. The Morgan fingerprint density at radius 3 is 2.67 bits per heavy atom. The number of hydrogen-bond donors (Lipinski definition) is 1. The van der Waals surface area contributed by atoms with Gasteiger partial charge in [0.05, 0.1) is 27.5 Å². The van der Waals surface area contributed by atoms with E-state index in [4.69, 9.17) is 0 Å². The highest BCUT2D eigenvalue weighted by Gasteiger charge is 2.28. The third-order valence-electron chi connectivity index (χ3n) is 4.74. The number of rotatable bonds is 5. The number of hydrogen-bond acceptors (Lipinski definition) is 6. The number of aryl methyl sites for hydroxylation is 1. The van der Waals surface area contributed by atoms with E-state index in [9.17, 15) is 20.2 Å². The van der Waals surface area contributed by atoms with Crippen LogP contribution < -0.4 is 9.99 Å². The lowest BCUT2D eigenvalue weighted by Crippen LogP contribution is -2.37. The molecule has 9 heteroatoms. The first-order chi connectivity index (χ1) is 13.0. The first-order valence-electron chi connectivity index (χ1n) is 8.67. The molecular formula is C18H20N5O4+. The van der Waals surface area contributed by atoms with Crippen molar-refractivity contribution in [2.24, 2.45) is 12.1 Å². The summed E-state index contributed by atoms with van der Waals surface area (Å²) in [6.07, 6.45) is 5.84. The van der Waals surface area contributed by atoms with Crippen molar-refractivity contribution in [2.75, 3.05) is 5.43 Å². The average molecular weight is 370 g/mol. The summed E-state index contributed by atoms with van der Waals surface area (Å²) in [5.41, 5.74) is 4.27. The lowest BCUT2D eigenvalue weighted by molar-refractivity contribution is -0.679. The molecule has 1 aromatic heterocycles. The second kappa shape index (κ2) is 7.90. The predicted molar refractivity (Wildman–Crippen MR) is 99.6 cm³/mol. The van der Waals surface area contributed by atoms with E-state index in [1.54, 1.807) is 0 Å². The highest BCUT2D eigenvalue weighted by atomic mass is 16.6. The van der Waals surface area contributed by atoms with Crippen molar-refractivity contribution in [1.82, 2.24) is 0 Å². The molecule has 3 rings (SSSR count). The Kier molecular flexibility index (Phi) is 5.39. The Hall–Kier alpha value is -3.36. The summed E-state index contributed by atoms with van der Waals surface area (Å²) < 4.78 is 2.06. The van der Waals surface area contributed by atoms with Crippen LogP contribution in [0.4, 0.5) is 17.1 Å². The van der Waals surface area contributed by atoms with E-state index in [-0.39, 0.29) is 23.0 Å². The van der Waals surface area contributed by atoms with Crippen molar-refractivity contribution in [3.8, 4) is 0 Å². The fourth-order valence-corrected chi connectivity index (χ4v) is 3.36. The van der Waals surface area contributed by atoms with Crippen LogP contribution in [0.5, 0.6) is 0 Å². The molecular weight excluding hydrogens is 350 g/mol. The summed E-state index contributed by atoms with van der Waals surface area (Å²) >= 11 is 0. The van der Waals surface area contributed by atoms with Gasteiger partial charge in [-0.1, -0.05) is 12.5 Å². The minimum absolute atomic E-state index is 0.134. The van der Waals surface area contributed by atoms with E-state index in [1.165, 1.54) is 12.1 Å². The molecule has 0 aliphatic heterocycles. The molecule has 1 fully saturated rings. The quantitative estimate of drug-likeness (QED) is 0.492. The van der Waals surface area contributed by atoms with Gasteiger partial charge in [-0.25, -0.2) is 4.57 Å². The van der Waals surface area contributed by atoms with Crippen molar-refractivity contribution in [3.05, 3.63) is 68.5 Å². The van der Waals surface area contributed by atoms with Crippen LogP contribution >= 0.6 is 0 Å². The third kappa shape index (κ3) is 4.08. The van der Waals surface area contributed by atoms with Crippen molar-refractivity contribution >= 4 is 22.8 Å². The number of nitrogens with zero attached hydrogens (tertiary/aromatic N) is 4. The van der Waals surface area contributed by atoms with E-state index in [2.05, 4.69) is 21.2 Å². The van der Waals surface area contributed by atoms with Gasteiger partial charge in [-0.3, -0.25) is 25.7 Å². The Balaban J connectivity index is 1.90.